The van der Waals surface area contributed by atoms with Crippen LogP contribution >= 0.6 is 22.9 Å². The van der Waals surface area contributed by atoms with E-state index in [4.69, 9.17) is 17.3 Å². The van der Waals surface area contributed by atoms with Crippen LogP contribution in [0.25, 0.3) is 0 Å². The summed E-state index contributed by atoms with van der Waals surface area (Å²) in [6.07, 6.45) is 0.788. The van der Waals surface area contributed by atoms with Crippen molar-refractivity contribution in [1.82, 2.24) is 10.2 Å². The SMILES string of the molecule is CCc1nnc(NC(=O)c2ccc(Cl)cc2N)s1. The number of carbonyl (C=O) groups is 1. The van der Waals surface area contributed by atoms with Crippen molar-refractivity contribution in [2.75, 3.05) is 11.1 Å². The highest BCUT2D eigenvalue weighted by molar-refractivity contribution is 7.15. The first-order valence-electron chi connectivity index (χ1n) is 5.29. The maximum atomic E-state index is 11.9. The molecule has 0 aliphatic rings. The first kappa shape index (κ1) is 12.8. The van der Waals surface area contributed by atoms with Gasteiger partial charge in [0, 0.05) is 10.7 Å². The van der Waals surface area contributed by atoms with Gasteiger partial charge in [-0.15, -0.1) is 10.2 Å². The molecule has 0 atom stereocenters. The van der Waals surface area contributed by atoms with Gasteiger partial charge >= 0.3 is 0 Å². The molecule has 0 radical (unpaired) electrons. The van der Waals surface area contributed by atoms with Gasteiger partial charge in [-0.3, -0.25) is 10.1 Å². The highest BCUT2D eigenvalue weighted by atomic mass is 35.5. The average Bonchev–Trinajstić information content (AvgIpc) is 2.76. The molecule has 2 aromatic rings. The van der Waals surface area contributed by atoms with Crippen molar-refractivity contribution in [2.24, 2.45) is 0 Å². The number of halogens is 1. The summed E-state index contributed by atoms with van der Waals surface area (Å²) < 4.78 is 0. The normalized spacial score (nSPS) is 10.3. The van der Waals surface area contributed by atoms with E-state index in [1.165, 1.54) is 17.4 Å². The Morgan fingerprint density at radius 3 is 2.89 bits per heavy atom. The van der Waals surface area contributed by atoms with Crippen molar-refractivity contribution in [3.8, 4) is 0 Å². The van der Waals surface area contributed by atoms with E-state index >= 15 is 0 Å². The van der Waals surface area contributed by atoms with Gasteiger partial charge in [-0.2, -0.15) is 0 Å². The number of aromatic nitrogens is 2. The minimum absolute atomic E-state index is 0.317. The number of benzene rings is 1. The highest BCUT2D eigenvalue weighted by Gasteiger charge is 2.12. The summed E-state index contributed by atoms with van der Waals surface area (Å²) in [6.45, 7) is 1.98. The van der Waals surface area contributed by atoms with Gasteiger partial charge in [-0.25, -0.2) is 0 Å². The number of nitrogens with zero attached hydrogens (tertiary/aromatic N) is 2. The van der Waals surface area contributed by atoms with Crippen LogP contribution in [0.2, 0.25) is 5.02 Å². The van der Waals surface area contributed by atoms with Gasteiger partial charge in [0.25, 0.3) is 5.91 Å². The van der Waals surface area contributed by atoms with Gasteiger partial charge in [0.2, 0.25) is 5.13 Å². The van der Waals surface area contributed by atoms with E-state index in [2.05, 4.69) is 15.5 Å². The lowest BCUT2D eigenvalue weighted by Crippen LogP contribution is -2.13. The summed E-state index contributed by atoms with van der Waals surface area (Å²) in [5.41, 5.74) is 6.43. The first-order valence-corrected chi connectivity index (χ1v) is 6.48. The molecule has 1 aromatic carbocycles. The molecule has 1 amide bonds. The van der Waals surface area contributed by atoms with Crippen molar-refractivity contribution in [3.05, 3.63) is 33.8 Å². The Bertz CT molecular complexity index is 584. The molecule has 0 aliphatic carbocycles. The predicted molar refractivity (Wildman–Crippen MR) is 73.1 cm³/mol. The van der Waals surface area contributed by atoms with Gasteiger partial charge in [-0.05, 0) is 24.6 Å². The topological polar surface area (TPSA) is 80.9 Å². The molecule has 0 aliphatic heterocycles. The fourth-order valence-electron chi connectivity index (χ4n) is 1.35. The van der Waals surface area contributed by atoms with Gasteiger partial charge in [-0.1, -0.05) is 29.9 Å². The number of hydrogen-bond acceptors (Lipinski definition) is 5. The van der Waals surface area contributed by atoms with Gasteiger partial charge in [0.05, 0.1) is 5.56 Å². The first-order chi connectivity index (χ1) is 8.60. The highest BCUT2D eigenvalue weighted by Crippen LogP contribution is 2.21. The summed E-state index contributed by atoms with van der Waals surface area (Å²) in [5.74, 6) is -0.317. The van der Waals surface area contributed by atoms with E-state index in [0.717, 1.165) is 11.4 Å². The number of anilines is 2. The van der Waals surface area contributed by atoms with E-state index in [9.17, 15) is 4.79 Å². The summed E-state index contributed by atoms with van der Waals surface area (Å²) in [5, 5.41) is 12.3. The van der Waals surface area contributed by atoms with E-state index in [1.54, 1.807) is 12.1 Å². The van der Waals surface area contributed by atoms with Gasteiger partial charge in [0.1, 0.15) is 5.01 Å². The van der Waals surface area contributed by atoms with Gasteiger partial charge in [0.15, 0.2) is 0 Å². The second kappa shape index (κ2) is 5.32. The average molecular weight is 283 g/mol. The van der Waals surface area contributed by atoms with Crippen LogP contribution in [0.5, 0.6) is 0 Å². The second-order valence-electron chi connectivity index (χ2n) is 3.54. The Labute approximate surface area is 113 Å². The van der Waals surface area contributed by atoms with Crippen molar-refractivity contribution in [2.45, 2.75) is 13.3 Å². The summed E-state index contributed by atoms with van der Waals surface area (Å²) in [6, 6.07) is 4.73. The molecule has 2 rings (SSSR count). The zero-order chi connectivity index (χ0) is 13.1. The fraction of sp³-hybridized carbons (Fsp3) is 0.182. The number of rotatable bonds is 3. The van der Waals surface area contributed by atoms with E-state index < -0.39 is 0 Å². The molecule has 0 saturated carbocycles. The number of hydrogen-bond donors (Lipinski definition) is 2. The molecule has 0 spiro atoms. The molecule has 18 heavy (non-hydrogen) atoms. The van der Waals surface area contributed by atoms with Crippen LogP contribution in [0, 0.1) is 0 Å². The number of aryl methyl sites for hydroxylation is 1. The second-order valence-corrected chi connectivity index (χ2v) is 5.04. The summed E-state index contributed by atoms with van der Waals surface area (Å²) in [4.78, 5) is 11.9. The third-order valence-corrected chi connectivity index (χ3v) is 3.47. The van der Waals surface area contributed by atoms with Gasteiger partial charge < -0.3 is 5.73 Å². The van der Waals surface area contributed by atoms with Crippen molar-refractivity contribution >= 4 is 39.7 Å². The molecule has 1 aromatic heterocycles. The largest absolute Gasteiger partial charge is 0.398 e. The predicted octanol–water partition coefficient (Wildman–Crippen LogP) is 2.59. The molecule has 0 bridgehead atoms. The molecule has 5 nitrogen and oxygen atoms in total. The lowest BCUT2D eigenvalue weighted by Gasteiger charge is -2.04. The Kier molecular flexibility index (Phi) is 3.78. The molecule has 7 heteroatoms. The quantitative estimate of drug-likeness (QED) is 0.848. The van der Waals surface area contributed by atoms with Crippen LogP contribution in [-0.4, -0.2) is 16.1 Å². The summed E-state index contributed by atoms with van der Waals surface area (Å²) in [7, 11) is 0. The third-order valence-electron chi connectivity index (χ3n) is 2.25. The maximum Gasteiger partial charge on any atom is 0.259 e. The number of nitrogen functional groups attached to an aromatic ring is 1. The standard InChI is InChI=1S/C11H11ClN4OS/c1-2-9-15-16-11(18-9)14-10(17)7-4-3-6(12)5-8(7)13/h3-5H,2,13H2,1H3,(H,14,16,17). The minimum Gasteiger partial charge on any atom is -0.398 e. The van der Waals surface area contributed by atoms with E-state index in [-0.39, 0.29) is 5.91 Å². The third kappa shape index (κ3) is 2.77. The molecule has 3 N–H and O–H groups in total. The Hall–Kier alpha value is -1.66. The molecular weight excluding hydrogens is 272 g/mol. The number of amides is 1. The molecule has 94 valence electrons. The lowest BCUT2D eigenvalue weighted by atomic mass is 10.2. The summed E-state index contributed by atoms with van der Waals surface area (Å²) >= 11 is 7.12. The Morgan fingerprint density at radius 2 is 2.28 bits per heavy atom. The van der Waals surface area contributed by atoms with Crippen LogP contribution in [0.1, 0.15) is 22.3 Å². The lowest BCUT2D eigenvalue weighted by molar-refractivity contribution is 0.102. The monoisotopic (exact) mass is 282 g/mol. The van der Waals surface area contributed by atoms with Crippen LogP contribution in [0.4, 0.5) is 10.8 Å². The number of nitrogens with two attached hydrogens (primary N) is 1. The Balaban J connectivity index is 2.16. The number of nitrogens with one attached hydrogen (secondary N) is 1. The smallest absolute Gasteiger partial charge is 0.259 e. The van der Waals surface area contributed by atoms with Crippen molar-refractivity contribution in [3.63, 3.8) is 0 Å². The van der Waals surface area contributed by atoms with E-state index in [0.29, 0.717) is 21.4 Å². The fourth-order valence-corrected chi connectivity index (χ4v) is 2.21. The molecule has 0 unspecified atom stereocenters. The van der Waals surface area contributed by atoms with Crippen LogP contribution in [-0.2, 0) is 6.42 Å². The molecule has 0 fully saturated rings. The zero-order valence-corrected chi connectivity index (χ0v) is 11.2. The van der Waals surface area contributed by atoms with E-state index in [1.807, 2.05) is 6.92 Å². The molecular formula is C11H11ClN4OS. The minimum atomic E-state index is -0.317. The van der Waals surface area contributed by atoms with Crippen molar-refractivity contribution in [1.29, 1.82) is 0 Å². The molecule has 1 heterocycles. The van der Waals surface area contributed by atoms with Crippen LogP contribution < -0.4 is 11.1 Å². The maximum absolute atomic E-state index is 11.9. The van der Waals surface area contributed by atoms with Crippen LogP contribution in [0.15, 0.2) is 18.2 Å². The zero-order valence-electron chi connectivity index (χ0n) is 9.61. The molecule has 0 saturated heterocycles. The van der Waals surface area contributed by atoms with Crippen LogP contribution in [0.3, 0.4) is 0 Å². The number of carbonyl (C=O) groups excluding carboxylic acids is 1. The van der Waals surface area contributed by atoms with Crippen molar-refractivity contribution < 1.29 is 4.79 Å². The Morgan fingerprint density at radius 1 is 1.50 bits per heavy atom.